The normalized spacial score (nSPS) is 11.2. The van der Waals surface area contributed by atoms with E-state index in [0.29, 0.717) is 35.7 Å². The number of aryl methyl sites for hydroxylation is 4. The highest BCUT2D eigenvalue weighted by atomic mass is 16.5. The molecule has 0 saturated carbocycles. The van der Waals surface area contributed by atoms with Crippen molar-refractivity contribution in [1.82, 2.24) is 19.6 Å². The van der Waals surface area contributed by atoms with Crippen LogP contribution in [0.3, 0.4) is 0 Å². The van der Waals surface area contributed by atoms with Crippen LogP contribution in [0.15, 0.2) is 50.7 Å². The van der Waals surface area contributed by atoms with Crippen molar-refractivity contribution in [3.8, 4) is 11.5 Å². The number of benzene rings is 1. The summed E-state index contributed by atoms with van der Waals surface area (Å²) in [6.45, 7) is 6.68. The van der Waals surface area contributed by atoms with Crippen LogP contribution in [0.5, 0.6) is 11.5 Å². The molecule has 160 valence electrons. The molecule has 3 aromatic heterocycles. The lowest BCUT2D eigenvalue weighted by atomic mass is 10.1. The van der Waals surface area contributed by atoms with Crippen molar-refractivity contribution in [3.05, 3.63) is 79.8 Å². The second-order valence-corrected chi connectivity index (χ2v) is 7.42. The Morgan fingerprint density at radius 3 is 2.68 bits per heavy atom. The molecule has 0 atom stereocenters. The summed E-state index contributed by atoms with van der Waals surface area (Å²) >= 11 is 0. The number of hydrogen-bond acceptors (Lipinski definition) is 7. The molecule has 9 heteroatoms. The van der Waals surface area contributed by atoms with Crippen molar-refractivity contribution in [3.63, 3.8) is 0 Å². The summed E-state index contributed by atoms with van der Waals surface area (Å²) < 4.78 is 14.6. The van der Waals surface area contributed by atoms with Crippen LogP contribution in [0.25, 0.3) is 11.0 Å². The highest BCUT2D eigenvalue weighted by Crippen LogP contribution is 2.24. The van der Waals surface area contributed by atoms with Crippen molar-refractivity contribution in [1.29, 1.82) is 0 Å². The second kappa shape index (κ2) is 8.10. The molecule has 4 aromatic rings. The molecule has 0 amide bonds. The molecule has 1 N–H and O–H groups in total. The fraction of sp³-hybridized carbons (Fsp3) is 0.273. The monoisotopic (exact) mass is 422 g/mol. The summed E-state index contributed by atoms with van der Waals surface area (Å²) in [5, 5.41) is 18.7. The molecule has 4 rings (SSSR count). The average Bonchev–Trinajstić information content (AvgIpc) is 3.20. The molecule has 31 heavy (non-hydrogen) atoms. The third-order valence-corrected chi connectivity index (χ3v) is 5.29. The Kier molecular flexibility index (Phi) is 5.33. The summed E-state index contributed by atoms with van der Waals surface area (Å²) in [6, 6.07) is 6.78. The van der Waals surface area contributed by atoms with Crippen LogP contribution in [-0.4, -0.2) is 24.7 Å². The number of aromatic hydroxyl groups is 1. The van der Waals surface area contributed by atoms with E-state index in [0.717, 1.165) is 16.6 Å². The fourth-order valence-electron chi connectivity index (χ4n) is 3.30. The van der Waals surface area contributed by atoms with Crippen LogP contribution >= 0.6 is 0 Å². The van der Waals surface area contributed by atoms with Crippen molar-refractivity contribution in [2.75, 3.05) is 0 Å². The second-order valence-electron chi connectivity index (χ2n) is 7.42. The third kappa shape index (κ3) is 4.20. The highest BCUT2D eigenvalue weighted by Gasteiger charge is 2.09. The van der Waals surface area contributed by atoms with Crippen LogP contribution in [0, 0.1) is 20.8 Å². The van der Waals surface area contributed by atoms with Gasteiger partial charge in [0.05, 0.1) is 18.9 Å². The lowest BCUT2D eigenvalue weighted by molar-refractivity contribution is 0.301. The number of nitrogens with zero attached hydrogens (tertiary/aromatic N) is 4. The zero-order valence-corrected chi connectivity index (χ0v) is 17.5. The van der Waals surface area contributed by atoms with Crippen molar-refractivity contribution in [2.45, 2.75) is 40.5 Å². The molecule has 0 aliphatic carbocycles. The predicted octanol–water partition coefficient (Wildman–Crippen LogP) is 2.46. The molecule has 1 aromatic carbocycles. The van der Waals surface area contributed by atoms with Crippen LogP contribution in [0.4, 0.5) is 0 Å². The number of pyridine rings is 1. The molecule has 0 fully saturated rings. The van der Waals surface area contributed by atoms with Gasteiger partial charge < -0.3 is 18.8 Å². The van der Waals surface area contributed by atoms with Crippen LogP contribution < -0.4 is 15.8 Å². The number of aromatic nitrogens is 4. The molecule has 0 aliphatic rings. The number of hydrogen-bond donors (Lipinski definition) is 1. The van der Waals surface area contributed by atoms with Crippen LogP contribution in [0.2, 0.25) is 0 Å². The van der Waals surface area contributed by atoms with Gasteiger partial charge in [-0.2, -0.15) is 0 Å². The Morgan fingerprint density at radius 2 is 1.87 bits per heavy atom. The molecule has 3 heterocycles. The van der Waals surface area contributed by atoms with Gasteiger partial charge in [0.15, 0.2) is 5.75 Å². The number of ether oxygens (including phenoxy) is 1. The van der Waals surface area contributed by atoms with Gasteiger partial charge in [-0.3, -0.25) is 9.48 Å². The van der Waals surface area contributed by atoms with Gasteiger partial charge in [0.25, 0.3) is 0 Å². The van der Waals surface area contributed by atoms with E-state index < -0.39 is 5.43 Å². The Morgan fingerprint density at radius 1 is 1.06 bits per heavy atom. The average molecular weight is 422 g/mol. The first-order valence-corrected chi connectivity index (χ1v) is 9.78. The van der Waals surface area contributed by atoms with Crippen molar-refractivity contribution < 1.29 is 14.3 Å². The molecule has 0 radical (unpaired) electrons. The summed E-state index contributed by atoms with van der Waals surface area (Å²) in [5.74, 6) is 0.280. The van der Waals surface area contributed by atoms with Gasteiger partial charge in [0.1, 0.15) is 23.6 Å². The minimum atomic E-state index is -0.396. The fourth-order valence-corrected chi connectivity index (χ4v) is 3.30. The molecule has 0 unspecified atom stereocenters. The van der Waals surface area contributed by atoms with E-state index >= 15 is 0 Å². The van der Waals surface area contributed by atoms with E-state index in [1.54, 1.807) is 35.4 Å². The minimum Gasteiger partial charge on any atom is -0.503 e. The van der Waals surface area contributed by atoms with Crippen molar-refractivity contribution >= 4 is 11.0 Å². The van der Waals surface area contributed by atoms with Gasteiger partial charge in [-0.25, -0.2) is 4.79 Å². The quantitative estimate of drug-likeness (QED) is 0.475. The first-order chi connectivity index (χ1) is 14.8. The van der Waals surface area contributed by atoms with E-state index in [9.17, 15) is 14.7 Å². The Balaban J connectivity index is 1.41. The lowest BCUT2D eigenvalue weighted by Crippen LogP contribution is -2.13. The van der Waals surface area contributed by atoms with Gasteiger partial charge in [-0.1, -0.05) is 5.21 Å². The lowest BCUT2D eigenvalue weighted by Gasteiger charge is -2.10. The van der Waals surface area contributed by atoms with E-state index in [1.165, 1.54) is 12.3 Å². The summed E-state index contributed by atoms with van der Waals surface area (Å²) in [5.41, 5.74) is 2.62. The molecule has 0 spiro atoms. The standard InChI is InChI=1S/C22H22N4O5/c1-13-8-19(27)20(28)11-25(13)6-7-26-10-16(23-24-26)12-30-17-4-5-18-14(2)15(3)22(29)31-21(18)9-17/h4-5,8-11,28H,6-7,12H2,1-3H3. The Labute approximate surface area is 177 Å². The van der Waals surface area contributed by atoms with E-state index in [1.807, 2.05) is 19.1 Å². The molecule has 9 nitrogen and oxygen atoms in total. The maximum Gasteiger partial charge on any atom is 0.339 e. The van der Waals surface area contributed by atoms with Gasteiger partial charge >= 0.3 is 5.63 Å². The minimum absolute atomic E-state index is 0.207. The zero-order chi connectivity index (χ0) is 22.1. The Bertz CT molecular complexity index is 1380. The van der Waals surface area contributed by atoms with Crippen LogP contribution in [0.1, 0.15) is 22.5 Å². The first kappa shape index (κ1) is 20.4. The van der Waals surface area contributed by atoms with E-state index in [4.69, 9.17) is 9.15 Å². The summed E-state index contributed by atoms with van der Waals surface area (Å²) in [4.78, 5) is 23.4. The van der Waals surface area contributed by atoms with Gasteiger partial charge in [0, 0.05) is 35.3 Å². The summed E-state index contributed by atoms with van der Waals surface area (Å²) in [7, 11) is 0. The van der Waals surface area contributed by atoms with Gasteiger partial charge in [-0.05, 0) is 38.5 Å². The SMILES string of the molecule is Cc1c(C)c2ccc(OCc3cn(CCn4cc(O)c(=O)cc4C)nn3)cc2oc1=O. The van der Waals surface area contributed by atoms with E-state index in [2.05, 4.69) is 10.3 Å². The third-order valence-electron chi connectivity index (χ3n) is 5.29. The molecule has 0 aliphatic heterocycles. The Hall–Kier alpha value is -3.88. The molecular formula is C22H22N4O5. The van der Waals surface area contributed by atoms with Gasteiger partial charge in [-0.15, -0.1) is 5.10 Å². The highest BCUT2D eigenvalue weighted by molar-refractivity contribution is 5.82. The largest absolute Gasteiger partial charge is 0.503 e. The molecule has 0 bridgehead atoms. The number of fused-ring (bicyclic) bond motifs is 1. The number of rotatable bonds is 6. The smallest absolute Gasteiger partial charge is 0.339 e. The molecular weight excluding hydrogens is 400 g/mol. The first-order valence-electron chi connectivity index (χ1n) is 9.78. The summed E-state index contributed by atoms with van der Waals surface area (Å²) in [6.07, 6.45) is 3.19. The van der Waals surface area contributed by atoms with Gasteiger partial charge in [0.2, 0.25) is 5.43 Å². The maximum atomic E-state index is 11.9. The topological polar surface area (TPSA) is 112 Å². The zero-order valence-electron chi connectivity index (χ0n) is 17.5. The predicted molar refractivity (Wildman–Crippen MR) is 113 cm³/mol. The molecule has 0 saturated heterocycles. The van der Waals surface area contributed by atoms with Crippen LogP contribution in [-0.2, 0) is 19.7 Å². The maximum absolute atomic E-state index is 11.9. The van der Waals surface area contributed by atoms with Crippen molar-refractivity contribution in [2.24, 2.45) is 0 Å². The van der Waals surface area contributed by atoms with E-state index in [-0.39, 0.29) is 18.0 Å².